The molecule has 1 aliphatic rings. The van der Waals surface area contributed by atoms with Gasteiger partial charge in [-0.05, 0) is 30.7 Å². The second kappa shape index (κ2) is 6.97. The van der Waals surface area contributed by atoms with E-state index in [0.717, 1.165) is 17.9 Å². The molecule has 0 aromatic heterocycles. The maximum atomic E-state index is 12.3. The summed E-state index contributed by atoms with van der Waals surface area (Å²) in [4.78, 5) is 27.2. The van der Waals surface area contributed by atoms with Gasteiger partial charge in [0.2, 0.25) is 5.91 Å². The SMILES string of the molecule is CCCNC(=O)CN1CCN(c2ccc(OC)cc2)C1=O. The first kappa shape index (κ1) is 15.2. The Morgan fingerprint density at radius 2 is 2.00 bits per heavy atom. The summed E-state index contributed by atoms with van der Waals surface area (Å²) in [5.41, 5.74) is 0.817. The van der Waals surface area contributed by atoms with Crippen LogP contribution in [0.5, 0.6) is 5.75 Å². The highest BCUT2D eigenvalue weighted by Gasteiger charge is 2.30. The summed E-state index contributed by atoms with van der Waals surface area (Å²) in [6, 6.07) is 7.19. The molecule has 1 heterocycles. The first-order chi connectivity index (χ1) is 10.2. The average molecular weight is 291 g/mol. The Balaban J connectivity index is 1.95. The number of hydrogen-bond donors (Lipinski definition) is 1. The molecule has 1 aromatic carbocycles. The van der Waals surface area contributed by atoms with Crippen LogP contribution in [0.15, 0.2) is 24.3 Å². The highest BCUT2D eigenvalue weighted by molar-refractivity contribution is 5.96. The number of amides is 3. The lowest BCUT2D eigenvalue weighted by Gasteiger charge is -2.18. The molecule has 0 bridgehead atoms. The van der Waals surface area contributed by atoms with Crippen molar-refractivity contribution >= 4 is 17.6 Å². The molecule has 0 spiro atoms. The molecule has 0 radical (unpaired) electrons. The van der Waals surface area contributed by atoms with E-state index >= 15 is 0 Å². The Labute approximate surface area is 124 Å². The predicted molar refractivity (Wildman–Crippen MR) is 80.6 cm³/mol. The van der Waals surface area contributed by atoms with Gasteiger partial charge in [0.15, 0.2) is 0 Å². The second-order valence-corrected chi connectivity index (χ2v) is 4.90. The Morgan fingerprint density at radius 3 is 2.62 bits per heavy atom. The van der Waals surface area contributed by atoms with Crippen LogP contribution in [-0.4, -0.2) is 50.1 Å². The van der Waals surface area contributed by atoms with E-state index < -0.39 is 0 Å². The van der Waals surface area contributed by atoms with Crippen LogP contribution < -0.4 is 15.0 Å². The number of carbonyl (C=O) groups excluding carboxylic acids is 2. The van der Waals surface area contributed by atoms with Crippen LogP contribution in [0.3, 0.4) is 0 Å². The fraction of sp³-hybridized carbons (Fsp3) is 0.467. The summed E-state index contributed by atoms with van der Waals surface area (Å²) in [5.74, 6) is 0.642. The molecule has 2 rings (SSSR count). The molecular formula is C15H21N3O3. The lowest BCUT2D eigenvalue weighted by molar-refractivity contribution is -0.121. The van der Waals surface area contributed by atoms with Crippen molar-refractivity contribution in [3.8, 4) is 5.75 Å². The van der Waals surface area contributed by atoms with Gasteiger partial charge >= 0.3 is 6.03 Å². The molecule has 1 saturated heterocycles. The number of benzene rings is 1. The minimum atomic E-state index is -0.133. The van der Waals surface area contributed by atoms with E-state index in [1.54, 1.807) is 16.9 Å². The quantitative estimate of drug-likeness (QED) is 0.863. The number of ether oxygens (including phenoxy) is 1. The minimum Gasteiger partial charge on any atom is -0.497 e. The molecule has 1 aromatic rings. The number of anilines is 1. The Kier molecular flexibility index (Phi) is 5.03. The number of methoxy groups -OCH3 is 1. The van der Waals surface area contributed by atoms with Crippen molar-refractivity contribution in [2.24, 2.45) is 0 Å². The molecule has 6 heteroatoms. The maximum absolute atomic E-state index is 12.3. The van der Waals surface area contributed by atoms with Gasteiger partial charge in [-0.2, -0.15) is 0 Å². The number of nitrogens with zero attached hydrogens (tertiary/aromatic N) is 2. The predicted octanol–water partition coefficient (Wildman–Crippen LogP) is 1.46. The van der Waals surface area contributed by atoms with Crippen LogP contribution in [0.1, 0.15) is 13.3 Å². The van der Waals surface area contributed by atoms with Crippen LogP contribution in [0.25, 0.3) is 0 Å². The van der Waals surface area contributed by atoms with Crippen LogP contribution in [-0.2, 0) is 4.79 Å². The zero-order valence-corrected chi connectivity index (χ0v) is 12.5. The molecule has 1 N–H and O–H groups in total. The third-order valence-corrected chi connectivity index (χ3v) is 3.39. The van der Waals surface area contributed by atoms with Crippen molar-refractivity contribution in [2.75, 3.05) is 38.2 Å². The largest absolute Gasteiger partial charge is 0.497 e. The monoisotopic (exact) mass is 291 g/mol. The molecule has 0 unspecified atom stereocenters. The van der Waals surface area contributed by atoms with E-state index in [4.69, 9.17) is 4.74 Å². The molecule has 0 atom stereocenters. The van der Waals surface area contributed by atoms with Gasteiger partial charge in [-0.3, -0.25) is 9.69 Å². The third kappa shape index (κ3) is 3.65. The van der Waals surface area contributed by atoms with Gasteiger partial charge in [-0.1, -0.05) is 6.92 Å². The van der Waals surface area contributed by atoms with Gasteiger partial charge in [0, 0.05) is 25.3 Å². The van der Waals surface area contributed by atoms with E-state index in [1.807, 2.05) is 31.2 Å². The van der Waals surface area contributed by atoms with Gasteiger partial charge in [-0.15, -0.1) is 0 Å². The maximum Gasteiger partial charge on any atom is 0.325 e. The number of nitrogens with one attached hydrogen (secondary N) is 1. The van der Waals surface area contributed by atoms with Crippen LogP contribution in [0, 0.1) is 0 Å². The van der Waals surface area contributed by atoms with Crippen molar-refractivity contribution in [3.63, 3.8) is 0 Å². The summed E-state index contributed by atoms with van der Waals surface area (Å²) in [6.45, 7) is 3.90. The lowest BCUT2D eigenvalue weighted by Crippen LogP contribution is -2.40. The van der Waals surface area contributed by atoms with Crippen molar-refractivity contribution in [1.29, 1.82) is 0 Å². The molecule has 0 aliphatic carbocycles. The fourth-order valence-electron chi connectivity index (χ4n) is 2.22. The fourth-order valence-corrected chi connectivity index (χ4v) is 2.22. The molecule has 21 heavy (non-hydrogen) atoms. The van der Waals surface area contributed by atoms with Crippen molar-refractivity contribution in [3.05, 3.63) is 24.3 Å². The van der Waals surface area contributed by atoms with E-state index in [9.17, 15) is 9.59 Å². The van der Waals surface area contributed by atoms with Crippen molar-refractivity contribution in [2.45, 2.75) is 13.3 Å². The number of urea groups is 1. The average Bonchev–Trinajstić information content (AvgIpc) is 2.86. The minimum absolute atomic E-state index is 0.109. The van der Waals surface area contributed by atoms with E-state index in [-0.39, 0.29) is 18.5 Å². The Bertz CT molecular complexity index is 501. The number of hydrogen-bond acceptors (Lipinski definition) is 3. The zero-order chi connectivity index (χ0) is 15.2. The summed E-state index contributed by atoms with van der Waals surface area (Å²) >= 11 is 0. The lowest BCUT2D eigenvalue weighted by atomic mass is 10.3. The van der Waals surface area contributed by atoms with Gasteiger partial charge in [0.05, 0.1) is 7.11 Å². The first-order valence-corrected chi connectivity index (χ1v) is 7.13. The summed E-state index contributed by atoms with van der Waals surface area (Å²) in [6.07, 6.45) is 0.887. The topological polar surface area (TPSA) is 61.9 Å². The standard InChI is InChI=1S/C15H21N3O3/c1-3-8-16-14(19)11-17-9-10-18(15(17)20)12-4-6-13(21-2)7-5-12/h4-7H,3,8-11H2,1-2H3,(H,16,19). The highest BCUT2D eigenvalue weighted by atomic mass is 16.5. The van der Waals surface area contributed by atoms with Crippen molar-refractivity contribution in [1.82, 2.24) is 10.2 Å². The van der Waals surface area contributed by atoms with Gasteiger partial charge in [-0.25, -0.2) is 4.79 Å². The van der Waals surface area contributed by atoms with Crippen molar-refractivity contribution < 1.29 is 14.3 Å². The van der Waals surface area contributed by atoms with Crippen LogP contribution >= 0.6 is 0 Å². The molecule has 1 aliphatic heterocycles. The van der Waals surface area contributed by atoms with Gasteiger partial charge in [0.25, 0.3) is 0 Å². The van der Waals surface area contributed by atoms with Gasteiger partial charge < -0.3 is 15.0 Å². The zero-order valence-electron chi connectivity index (χ0n) is 12.5. The summed E-state index contributed by atoms with van der Waals surface area (Å²) in [5, 5.41) is 2.78. The van der Waals surface area contributed by atoms with Crippen LogP contribution in [0.4, 0.5) is 10.5 Å². The second-order valence-electron chi connectivity index (χ2n) is 4.90. The molecule has 0 saturated carbocycles. The molecule has 114 valence electrons. The highest BCUT2D eigenvalue weighted by Crippen LogP contribution is 2.22. The molecule has 6 nitrogen and oxygen atoms in total. The molecule has 3 amide bonds. The Hall–Kier alpha value is -2.24. The van der Waals surface area contributed by atoms with E-state index in [2.05, 4.69) is 5.32 Å². The third-order valence-electron chi connectivity index (χ3n) is 3.39. The first-order valence-electron chi connectivity index (χ1n) is 7.13. The number of carbonyl (C=O) groups is 2. The van der Waals surface area contributed by atoms with E-state index in [1.165, 1.54) is 0 Å². The Morgan fingerprint density at radius 1 is 1.29 bits per heavy atom. The number of rotatable bonds is 6. The molecular weight excluding hydrogens is 270 g/mol. The smallest absolute Gasteiger partial charge is 0.325 e. The summed E-state index contributed by atoms with van der Waals surface area (Å²) < 4.78 is 5.10. The summed E-state index contributed by atoms with van der Waals surface area (Å²) in [7, 11) is 1.60. The normalized spacial score (nSPS) is 14.5. The molecule has 1 fully saturated rings. The van der Waals surface area contributed by atoms with Gasteiger partial charge in [0.1, 0.15) is 12.3 Å². The van der Waals surface area contributed by atoms with E-state index in [0.29, 0.717) is 19.6 Å². The van der Waals surface area contributed by atoms with Crippen LogP contribution in [0.2, 0.25) is 0 Å².